The summed E-state index contributed by atoms with van der Waals surface area (Å²) in [6.45, 7) is 3.43. The molecule has 2 heterocycles. The topological polar surface area (TPSA) is 49.4 Å². The second kappa shape index (κ2) is 7.70. The maximum absolute atomic E-state index is 13.1. The highest BCUT2D eigenvalue weighted by molar-refractivity contribution is 7.13. The van der Waals surface area contributed by atoms with Crippen molar-refractivity contribution < 1.29 is 9.59 Å². The Labute approximate surface area is 170 Å². The Morgan fingerprint density at radius 1 is 1.25 bits per heavy atom. The minimum absolute atomic E-state index is 0.0508. The molecule has 1 aliphatic heterocycles. The van der Waals surface area contributed by atoms with E-state index in [1.807, 2.05) is 11.0 Å². The fourth-order valence-corrected chi connectivity index (χ4v) is 5.39. The number of carbonyl (C=O) groups excluding carboxylic acids is 2. The van der Waals surface area contributed by atoms with Gasteiger partial charge >= 0.3 is 0 Å². The van der Waals surface area contributed by atoms with Crippen molar-refractivity contribution in [3.05, 3.63) is 47.3 Å². The van der Waals surface area contributed by atoms with E-state index in [-0.39, 0.29) is 17.7 Å². The highest BCUT2D eigenvalue weighted by atomic mass is 32.1. The first-order valence-electron chi connectivity index (χ1n) is 10.2. The van der Waals surface area contributed by atoms with Gasteiger partial charge in [0.05, 0.1) is 5.41 Å². The van der Waals surface area contributed by atoms with E-state index in [9.17, 15) is 9.59 Å². The molecule has 2 aliphatic rings. The summed E-state index contributed by atoms with van der Waals surface area (Å²) < 4.78 is 0. The Kier molecular flexibility index (Phi) is 5.28. The number of piperidine rings is 1. The van der Waals surface area contributed by atoms with Crippen molar-refractivity contribution >= 4 is 23.2 Å². The molecule has 0 spiro atoms. The molecule has 0 unspecified atom stereocenters. The normalized spacial score (nSPS) is 26.7. The van der Waals surface area contributed by atoms with Gasteiger partial charge in [-0.3, -0.25) is 9.59 Å². The lowest BCUT2D eigenvalue weighted by Crippen LogP contribution is -2.54. The number of rotatable bonds is 5. The van der Waals surface area contributed by atoms with Crippen molar-refractivity contribution in [2.24, 2.45) is 17.3 Å². The van der Waals surface area contributed by atoms with Gasteiger partial charge in [-0.2, -0.15) is 0 Å². The maximum atomic E-state index is 13.1. The van der Waals surface area contributed by atoms with E-state index in [1.54, 1.807) is 18.4 Å². The Morgan fingerprint density at radius 2 is 2.04 bits per heavy atom. The van der Waals surface area contributed by atoms with Gasteiger partial charge in [0.15, 0.2) is 0 Å². The Bertz CT molecular complexity index is 863. The molecule has 2 fully saturated rings. The second-order valence-electron chi connectivity index (χ2n) is 8.35. The summed E-state index contributed by atoms with van der Waals surface area (Å²) in [6.07, 6.45) is 3.34. The number of nitrogens with zero attached hydrogens (tertiary/aromatic N) is 1. The predicted octanol–water partition coefficient (Wildman–Crippen LogP) is 3.97. The van der Waals surface area contributed by atoms with Gasteiger partial charge in [0, 0.05) is 30.9 Å². The first kappa shape index (κ1) is 19.2. The van der Waals surface area contributed by atoms with Crippen molar-refractivity contribution in [3.63, 3.8) is 0 Å². The third kappa shape index (κ3) is 3.60. The van der Waals surface area contributed by atoms with Crippen molar-refractivity contribution in [2.45, 2.75) is 32.6 Å². The number of benzene rings is 1. The van der Waals surface area contributed by atoms with Gasteiger partial charge in [-0.1, -0.05) is 37.3 Å². The van der Waals surface area contributed by atoms with E-state index in [0.29, 0.717) is 18.9 Å². The number of carbonyl (C=O) groups is 2. The zero-order valence-electron chi connectivity index (χ0n) is 16.6. The van der Waals surface area contributed by atoms with Gasteiger partial charge in [0.2, 0.25) is 11.8 Å². The molecule has 4 rings (SSSR count). The number of likely N-dealkylation sites (tertiary alicyclic amines) is 1. The highest BCUT2D eigenvalue weighted by Crippen LogP contribution is 2.42. The minimum Gasteiger partial charge on any atom is -0.359 e. The van der Waals surface area contributed by atoms with Crippen molar-refractivity contribution in [2.75, 3.05) is 20.1 Å². The Hall–Kier alpha value is -2.14. The van der Waals surface area contributed by atoms with Gasteiger partial charge in [0.1, 0.15) is 0 Å². The first-order chi connectivity index (χ1) is 13.5. The molecule has 0 radical (unpaired) electrons. The van der Waals surface area contributed by atoms with Crippen LogP contribution in [0.3, 0.4) is 0 Å². The Morgan fingerprint density at radius 3 is 2.71 bits per heavy atom. The number of hydrogen-bond acceptors (Lipinski definition) is 3. The average Bonchev–Trinajstić information content (AvgIpc) is 3.20. The van der Waals surface area contributed by atoms with E-state index in [2.05, 4.69) is 48.0 Å². The van der Waals surface area contributed by atoms with Gasteiger partial charge < -0.3 is 10.2 Å². The number of thiophene rings is 1. The lowest BCUT2D eigenvalue weighted by Gasteiger charge is -2.42. The quantitative estimate of drug-likeness (QED) is 0.831. The highest BCUT2D eigenvalue weighted by Gasteiger charge is 2.47. The molecule has 1 aliphatic carbocycles. The molecule has 1 saturated carbocycles. The second-order valence-corrected chi connectivity index (χ2v) is 9.30. The maximum Gasteiger partial charge on any atom is 0.228 e. The number of hydrogen-bond donors (Lipinski definition) is 1. The number of nitrogens with one attached hydrogen (secondary N) is 1. The Balaban J connectivity index is 1.64. The van der Waals surface area contributed by atoms with Gasteiger partial charge in [-0.05, 0) is 54.2 Å². The van der Waals surface area contributed by atoms with Crippen LogP contribution in [-0.2, 0) is 16.0 Å². The SMILES string of the molecule is CNC(=O)[C@]1(Cc2ccccc2-c2cccs2)CCCN(C(=O)[C@@H]2C[C@@H]2C)C1. The smallest absolute Gasteiger partial charge is 0.228 e. The van der Waals surface area contributed by atoms with Crippen LogP contribution in [-0.4, -0.2) is 36.9 Å². The van der Waals surface area contributed by atoms with Crippen molar-refractivity contribution in [1.82, 2.24) is 10.2 Å². The van der Waals surface area contributed by atoms with Crippen LogP contribution in [0.2, 0.25) is 0 Å². The van der Waals surface area contributed by atoms with E-state index >= 15 is 0 Å². The zero-order chi connectivity index (χ0) is 19.7. The van der Waals surface area contributed by atoms with Crippen LogP contribution in [0.4, 0.5) is 0 Å². The summed E-state index contributed by atoms with van der Waals surface area (Å²) in [5, 5.41) is 4.97. The van der Waals surface area contributed by atoms with E-state index in [1.165, 1.54) is 16.0 Å². The molecular formula is C23H28N2O2S. The molecule has 1 aromatic heterocycles. The lowest BCUT2D eigenvalue weighted by molar-refractivity contribution is -0.142. The molecule has 3 atom stereocenters. The molecule has 1 saturated heterocycles. The fourth-order valence-electron chi connectivity index (χ4n) is 4.61. The average molecular weight is 397 g/mol. The van der Waals surface area contributed by atoms with Crippen LogP contribution < -0.4 is 5.32 Å². The molecule has 0 bridgehead atoms. The molecule has 1 aromatic carbocycles. The monoisotopic (exact) mass is 396 g/mol. The van der Waals surface area contributed by atoms with E-state index < -0.39 is 5.41 Å². The summed E-state index contributed by atoms with van der Waals surface area (Å²) in [6, 6.07) is 12.5. The molecule has 2 amide bonds. The van der Waals surface area contributed by atoms with Crippen LogP contribution in [0.25, 0.3) is 10.4 Å². The molecule has 148 valence electrons. The largest absolute Gasteiger partial charge is 0.359 e. The summed E-state index contributed by atoms with van der Waals surface area (Å²) in [4.78, 5) is 29.1. The summed E-state index contributed by atoms with van der Waals surface area (Å²) >= 11 is 1.72. The minimum atomic E-state index is -0.561. The molecular weight excluding hydrogens is 368 g/mol. The van der Waals surface area contributed by atoms with Gasteiger partial charge in [-0.25, -0.2) is 0 Å². The van der Waals surface area contributed by atoms with E-state index in [4.69, 9.17) is 0 Å². The third-order valence-corrected chi connectivity index (χ3v) is 7.26. The van der Waals surface area contributed by atoms with Crippen LogP contribution in [0, 0.1) is 17.3 Å². The predicted molar refractivity (Wildman–Crippen MR) is 113 cm³/mol. The summed E-state index contributed by atoms with van der Waals surface area (Å²) in [5.41, 5.74) is 1.82. The fraction of sp³-hybridized carbons (Fsp3) is 0.478. The van der Waals surface area contributed by atoms with Crippen LogP contribution >= 0.6 is 11.3 Å². The standard InChI is InChI=1S/C23H28N2O2S/c1-16-13-19(16)21(26)25-11-6-10-23(15-25,22(27)24-2)14-17-7-3-4-8-18(17)20-9-5-12-28-20/h3-5,7-9,12,16,19H,6,10-11,13-15H2,1-2H3,(H,24,27)/t16-,19+,23-/m0/s1. The first-order valence-corrected chi connectivity index (χ1v) is 11.0. The summed E-state index contributed by atoms with van der Waals surface area (Å²) in [7, 11) is 1.71. The summed E-state index contributed by atoms with van der Waals surface area (Å²) in [5.74, 6) is 0.948. The lowest BCUT2D eigenvalue weighted by atomic mass is 9.73. The molecule has 28 heavy (non-hydrogen) atoms. The van der Waals surface area contributed by atoms with Gasteiger partial charge in [-0.15, -0.1) is 11.3 Å². The molecule has 5 heteroatoms. The third-order valence-electron chi connectivity index (χ3n) is 6.36. The van der Waals surface area contributed by atoms with Gasteiger partial charge in [0.25, 0.3) is 0 Å². The molecule has 1 N–H and O–H groups in total. The molecule has 2 aromatic rings. The zero-order valence-corrected chi connectivity index (χ0v) is 17.4. The van der Waals surface area contributed by atoms with E-state index in [0.717, 1.165) is 25.8 Å². The van der Waals surface area contributed by atoms with Crippen molar-refractivity contribution in [1.29, 1.82) is 0 Å². The number of amides is 2. The van der Waals surface area contributed by atoms with Crippen molar-refractivity contribution in [3.8, 4) is 10.4 Å². The van der Waals surface area contributed by atoms with Crippen LogP contribution in [0.15, 0.2) is 41.8 Å². The van der Waals surface area contributed by atoms with Crippen LogP contribution in [0.5, 0.6) is 0 Å². The van der Waals surface area contributed by atoms with Crippen LogP contribution in [0.1, 0.15) is 31.7 Å². The molecule has 4 nitrogen and oxygen atoms in total.